The third-order valence-electron chi connectivity index (χ3n) is 2.88. The van der Waals surface area contributed by atoms with E-state index in [9.17, 15) is 9.59 Å². The van der Waals surface area contributed by atoms with Crippen LogP contribution in [0.15, 0.2) is 36.9 Å². The average Bonchev–Trinajstić information content (AvgIpc) is 2.83. The summed E-state index contributed by atoms with van der Waals surface area (Å²) < 4.78 is 0. The van der Waals surface area contributed by atoms with E-state index in [1.165, 1.54) is 11.3 Å². The van der Waals surface area contributed by atoms with Gasteiger partial charge < -0.3 is 0 Å². The Balaban J connectivity index is 2.12. The Labute approximate surface area is 118 Å². The molecule has 0 aliphatic carbocycles. The number of fused-ring (bicyclic) bond motifs is 1. The van der Waals surface area contributed by atoms with Crippen LogP contribution >= 0.6 is 22.9 Å². The standard InChI is InChI=1S/C14H8ClNO2S/c1-7-12-10(14(18)16-13(7)17)6-11(19-12)8-2-4-9(15)5-3-8/h2-6H,1H2,(H,16,17,18). The van der Waals surface area contributed by atoms with Crippen LogP contribution < -0.4 is 5.32 Å². The number of carbonyl (C=O) groups is 2. The van der Waals surface area contributed by atoms with Gasteiger partial charge in [0.25, 0.3) is 11.8 Å². The Morgan fingerprint density at radius 2 is 1.79 bits per heavy atom. The van der Waals surface area contributed by atoms with Crippen LogP contribution in [0.1, 0.15) is 15.2 Å². The van der Waals surface area contributed by atoms with Gasteiger partial charge >= 0.3 is 0 Å². The van der Waals surface area contributed by atoms with Gasteiger partial charge in [0.2, 0.25) is 0 Å². The number of amides is 2. The molecule has 3 rings (SSSR count). The van der Waals surface area contributed by atoms with Gasteiger partial charge in [-0.05, 0) is 23.8 Å². The van der Waals surface area contributed by atoms with E-state index in [1.807, 2.05) is 12.1 Å². The molecule has 94 valence electrons. The van der Waals surface area contributed by atoms with Crippen LogP contribution in [0, 0.1) is 0 Å². The Morgan fingerprint density at radius 3 is 2.47 bits per heavy atom. The average molecular weight is 290 g/mol. The van der Waals surface area contributed by atoms with Gasteiger partial charge in [-0.2, -0.15) is 0 Å². The molecule has 1 aliphatic heterocycles. The number of hydrogen-bond donors (Lipinski definition) is 1. The van der Waals surface area contributed by atoms with Gasteiger partial charge in [0.05, 0.1) is 16.0 Å². The smallest absolute Gasteiger partial charge is 0.259 e. The molecule has 19 heavy (non-hydrogen) atoms. The molecule has 0 unspecified atom stereocenters. The summed E-state index contributed by atoms with van der Waals surface area (Å²) in [5.41, 5.74) is 1.79. The molecule has 2 amide bonds. The van der Waals surface area contributed by atoms with Gasteiger partial charge in [-0.25, -0.2) is 0 Å². The van der Waals surface area contributed by atoms with Crippen molar-refractivity contribution in [1.29, 1.82) is 0 Å². The first kappa shape index (κ1) is 12.1. The maximum Gasteiger partial charge on any atom is 0.259 e. The molecule has 0 spiro atoms. The second-order valence-corrected chi connectivity index (χ2v) is 5.61. The van der Waals surface area contributed by atoms with Crippen molar-refractivity contribution >= 4 is 40.3 Å². The predicted octanol–water partition coefficient (Wildman–Crippen LogP) is 3.35. The number of imide groups is 1. The molecule has 1 aliphatic rings. The summed E-state index contributed by atoms with van der Waals surface area (Å²) in [5, 5.41) is 2.92. The van der Waals surface area contributed by atoms with Gasteiger partial charge in [-0.15, -0.1) is 11.3 Å². The van der Waals surface area contributed by atoms with E-state index in [-0.39, 0.29) is 5.91 Å². The van der Waals surface area contributed by atoms with Crippen molar-refractivity contribution in [3.8, 4) is 10.4 Å². The highest BCUT2D eigenvalue weighted by atomic mass is 35.5. The van der Waals surface area contributed by atoms with Gasteiger partial charge in [0.15, 0.2) is 0 Å². The Kier molecular flexibility index (Phi) is 2.77. The van der Waals surface area contributed by atoms with Crippen LogP contribution in [-0.2, 0) is 4.79 Å². The zero-order chi connectivity index (χ0) is 13.6. The number of carbonyl (C=O) groups excluding carboxylic acids is 2. The first-order valence-electron chi connectivity index (χ1n) is 5.51. The van der Waals surface area contributed by atoms with Crippen LogP contribution in [0.5, 0.6) is 0 Å². The lowest BCUT2D eigenvalue weighted by molar-refractivity contribution is -0.114. The normalized spacial score (nSPS) is 14.3. The fraction of sp³-hybridized carbons (Fsp3) is 0. The molecule has 1 aromatic heterocycles. The second kappa shape index (κ2) is 4.33. The summed E-state index contributed by atoms with van der Waals surface area (Å²) in [5.74, 6) is -0.800. The molecule has 2 heterocycles. The van der Waals surface area contributed by atoms with Gasteiger partial charge in [0, 0.05) is 9.90 Å². The maximum absolute atomic E-state index is 11.8. The van der Waals surface area contributed by atoms with E-state index in [0.717, 1.165) is 10.4 Å². The van der Waals surface area contributed by atoms with E-state index >= 15 is 0 Å². The topological polar surface area (TPSA) is 46.2 Å². The number of thiophene rings is 1. The summed E-state index contributed by atoms with van der Waals surface area (Å²) in [6, 6.07) is 9.10. The molecule has 0 saturated heterocycles. The van der Waals surface area contributed by atoms with Crippen LogP contribution in [0.25, 0.3) is 16.0 Å². The summed E-state index contributed by atoms with van der Waals surface area (Å²) >= 11 is 7.23. The fourth-order valence-corrected chi connectivity index (χ4v) is 3.14. The van der Waals surface area contributed by atoms with Crippen molar-refractivity contribution in [1.82, 2.24) is 5.32 Å². The van der Waals surface area contributed by atoms with Crippen LogP contribution in [-0.4, -0.2) is 11.8 Å². The van der Waals surface area contributed by atoms with Gasteiger partial charge in [0.1, 0.15) is 0 Å². The van der Waals surface area contributed by atoms with Crippen molar-refractivity contribution in [3.05, 3.63) is 52.4 Å². The van der Waals surface area contributed by atoms with E-state index in [1.54, 1.807) is 18.2 Å². The number of hydrogen-bond acceptors (Lipinski definition) is 3. The first-order valence-corrected chi connectivity index (χ1v) is 6.70. The predicted molar refractivity (Wildman–Crippen MR) is 76.3 cm³/mol. The van der Waals surface area contributed by atoms with Crippen LogP contribution in [0.4, 0.5) is 0 Å². The molecule has 2 aromatic rings. The lowest BCUT2D eigenvalue weighted by atomic mass is 10.1. The number of rotatable bonds is 1. The fourth-order valence-electron chi connectivity index (χ4n) is 1.89. The summed E-state index contributed by atoms with van der Waals surface area (Å²) in [6.07, 6.45) is 0. The van der Waals surface area contributed by atoms with E-state index in [2.05, 4.69) is 11.9 Å². The van der Waals surface area contributed by atoms with E-state index in [0.29, 0.717) is 21.0 Å². The zero-order valence-corrected chi connectivity index (χ0v) is 11.3. The SMILES string of the molecule is C=C1C(=O)NC(=O)c2cc(-c3ccc(Cl)cc3)sc21. The molecule has 0 bridgehead atoms. The van der Waals surface area contributed by atoms with Crippen molar-refractivity contribution in [2.75, 3.05) is 0 Å². The lowest BCUT2D eigenvalue weighted by Gasteiger charge is -2.12. The zero-order valence-electron chi connectivity index (χ0n) is 9.70. The second-order valence-electron chi connectivity index (χ2n) is 4.12. The van der Waals surface area contributed by atoms with Crippen LogP contribution in [0.3, 0.4) is 0 Å². The minimum atomic E-state index is -0.429. The third kappa shape index (κ3) is 1.99. The molecule has 1 aromatic carbocycles. The van der Waals surface area contributed by atoms with Crippen molar-refractivity contribution < 1.29 is 9.59 Å². The quantitative estimate of drug-likeness (QED) is 0.646. The summed E-state index contributed by atoms with van der Waals surface area (Å²) in [7, 11) is 0. The number of halogens is 1. The molecule has 0 saturated carbocycles. The molecule has 1 N–H and O–H groups in total. The molecule has 5 heteroatoms. The highest BCUT2D eigenvalue weighted by Crippen LogP contribution is 2.37. The van der Waals surface area contributed by atoms with Gasteiger partial charge in [-0.1, -0.05) is 30.3 Å². The Morgan fingerprint density at radius 1 is 1.11 bits per heavy atom. The maximum atomic E-state index is 11.8. The molecule has 0 fully saturated rings. The van der Waals surface area contributed by atoms with Gasteiger partial charge in [-0.3, -0.25) is 14.9 Å². The Hall–Kier alpha value is -1.91. The summed E-state index contributed by atoms with van der Waals surface area (Å²) in [4.78, 5) is 24.8. The van der Waals surface area contributed by atoms with Crippen LogP contribution in [0.2, 0.25) is 5.02 Å². The Bertz CT molecular complexity index is 716. The van der Waals surface area contributed by atoms with Crippen molar-refractivity contribution in [3.63, 3.8) is 0 Å². The van der Waals surface area contributed by atoms with E-state index in [4.69, 9.17) is 11.6 Å². The molecular formula is C14H8ClNO2S. The first-order chi connectivity index (χ1) is 9.06. The third-order valence-corrected chi connectivity index (χ3v) is 4.38. The molecule has 0 atom stereocenters. The van der Waals surface area contributed by atoms with E-state index < -0.39 is 5.91 Å². The van der Waals surface area contributed by atoms with Crippen molar-refractivity contribution in [2.24, 2.45) is 0 Å². The minimum Gasteiger partial charge on any atom is -0.288 e. The molecule has 3 nitrogen and oxygen atoms in total. The number of benzene rings is 1. The minimum absolute atomic E-state index is 0.333. The molecular weight excluding hydrogens is 282 g/mol. The monoisotopic (exact) mass is 289 g/mol. The summed E-state index contributed by atoms with van der Waals surface area (Å²) in [6.45, 7) is 3.72. The lowest BCUT2D eigenvalue weighted by Crippen LogP contribution is -2.35. The van der Waals surface area contributed by atoms with Crippen molar-refractivity contribution in [2.45, 2.75) is 0 Å². The highest BCUT2D eigenvalue weighted by molar-refractivity contribution is 7.17. The molecule has 0 radical (unpaired) electrons. The largest absolute Gasteiger partial charge is 0.288 e. The highest BCUT2D eigenvalue weighted by Gasteiger charge is 2.28. The number of nitrogens with one attached hydrogen (secondary N) is 1.